The molecule has 1 aromatic rings. The first-order chi connectivity index (χ1) is 6.38. The normalized spacial score (nSPS) is 15.2. The van der Waals surface area contributed by atoms with E-state index < -0.39 is 18.0 Å². The van der Waals surface area contributed by atoms with Crippen LogP contribution in [0.3, 0.4) is 0 Å². The molecule has 5 heteroatoms. The molecule has 0 aromatic heterocycles. The van der Waals surface area contributed by atoms with Crippen molar-refractivity contribution >= 4 is 11.6 Å². The van der Waals surface area contributed by atoms with Gasteiger partial charge in [0.15, 0.2) is 0 Å². The Balaban J connectivity index is 3.34. The monoisotopic (exact) mass is 219 g/mol. The standard InChI is InChI=1S/C9H11ClFNO2/c1-9(12,4-13)6-2-5(11)3-7(10)8(6)14/h2-3,13-14H,4,12H2,1H3. The van der Waals surface area contributed by atoms with Crippen LogP contribution < -0.4 is 5.73 Å². The van der Waals surface area contributed by atoms with Gasteiger partial charge in [0.2, 0.25) is 0 Å². The maximum absolute atomic E-state index is 12.9. The number of hydrogen-bond acceptors (Lipinski definition) is 3. The number of benzene rings is 1. The Morgan fingerprint density at radius 2 is 2.14 bits per heavy atom. The van der Waals surface area contributed by atoms with E-state index in [2.05, 4.69) is 0 Å². The molecule has 4 N–H and O–H groups in total. The highest BCUT2D eigenvalue weighted by atomic mass is 35.5. The molecule has 0 fully saturated rings. The van der Waals surface area contributed by atoms with E-state index in [1.165, 1.54) is 6.92 Å². The van der Waals surface area contributed by atoms with Gasteiger partial charge in [-0.1, -0.05) is 11.6 Å². The van der Waals surface area contributed by atoms with Crippen LogP contribution in [-0.4, -0.2) is 16.8 Å². The van der Waals surface area contributed by atoms with Gasteiger partial charge in [0.05, 0.1) is 17.2 Å². The van der Waals surface area contributed by atoms with E-state index in [-0.39, 0.29) is 16.3 Å². The van der Waals surface area contributed by atoms with Crippen LogP contribution in [0.5, 0.6) is 5.75 Å². The molecule has 0 saturated heterocycles. The molecule has 0 aliphatic rings. The lowest BCUT2D eigenvalue weighted by Crippen LogP contribution is -2.37. The third-order valence-electron chi connectivity index (χ3n) is 1.97. The number of halogens is 2. The summed E-state index contributed by atoms with van der Waals surface area (Å²) in [5.41, 5.74) is 4.52. The number of aliphatic hydroxyl groups excluding tert-OH is 1. The van der Waals surface area contributed by atoms with Gasteiger partial charge in [-0.05, 0) is 19.1 Å². The van der Waals surface area contributed by atoms with Gasteiger partial charge < -0.3 is 15.9 Å². The highest BCUT2D eigenvalue weighted by Crippen LogP contribution is 2.34. The molecule has 0 heterocycles. The summed E-state index contributed by atoms with van der Waals surface area (Å²) in [4.78, 5) is 0. The minimum absolute atomic E-state index is 0.0880. The zero-order valence-electron chi connectivity index (χ0n) is 7.59. The largest absolute Gasteiger partial charge is 0.506 e. The Bertz CT molecular complexity index is 355. The summed E-state index contributed by atoms with van der Waals surface area (Å²) < 4.78 is 12.9. The van der Waals surface area contributed by atoms with Gasteiger partial charge in [0, 0.05) is 5.56 Å². The first-order valence-corrected chi connectivity index (χ1v) is 4.34. The van der Waals surface area contributed by atoms with Gasteiger partial charge in [-0.3, -0.25) is 0 Å². The highest BCUT2D eigenvalue weighted by Gasteiger charge is 2.25. The average molecular weight is 220 g/mol. The number of phenolic OH excluding ortho intramolecular Hbond substituents is 1. The number of aliphatic hydroxyl groups is 1. The van der Waals surface area contributed by atoms with Crippen LogP contribution in [0.25, 0.3) is 0 Å². The molecule has 0 aliphatic heterocycles. The first kappa shape index (κ1) is 11.2. The van der Waals surface area contributed by atoms with Crippen molar-refractivity contribution in [2.24, 2.45) is 5.73 Å². The summed E-state index contributed by atoms with van der Waals surface area (Å²) in [6.45, 7) is 1.05. The average Bonchev–Trinajstić information content (AvgIpc) is 2.11. The molecule has 14 heavy (non-hydrogen) atoms. The fourth-order valence-corrected chi connectivity index (χ4v) is 1.29. The van der Waals surface area contributed by atoms with Crippen molar-refractivity contribution in [2.45, 2.75) is 12.5 Å². The molecule has 1 aromatic carbocycles. The minimum Gasteiger partial charge on any atom is -0.506 e. The van der Waals surface area contributed by atoms with Crippen molar-refractivity contribution in [1.82, 2.24) is 0 Å². The number of phenols is 1. The quantitative estimate of drug-likeness (QED) is 0.704. The Hall–Kier alpha value is -0.840. The van der Waals surface area contributed by atoms with Crippen molar-refractivity contribution in [2.75, 3.05) is 6.61 Å². The SMILES string of the molecule is CC(N)(CO)c1cc(F)cc(Cl)c1O. The molecule has 78 valence electrons. The van der Waals surface area contributed by atoms with Crippen LogP contribution in [0, 0.1) is 5.82 Å². The second-order valence-electron chi connectivity index (χ2n) is 3.36. The molecule has 3 nitrogen and oxygen atoms in total. The number of aromatic hydroxyl groups is 1. The van der Waals surface area contributed by atoms with E-state index in [9.17, 15) is 9.50 Å². The number of nitrogens with two attached hydrogens (primary N) is 1. The molecule has 0 aliphatic carbocycles. The third-order valence-corrected chi connectivity index (χ3v) is 2.26. The lowest BCUT2D eigenvalue weighted by molar-refractivity contribution is 0.206. The molecule has 0 saturated carbocycles. The van der Waals surface area contributed by atoms with Crippen molar-refractivity contribution in [3.8, 4) is 5.75 Å². The van der Waals surface area contributed by atoms with Crippen molar-refractivity contribution in [3.05, 3.63) is 28.5 Å². The molecular formula is C9H11ClFNO2. The summed E-state index contributed by atoms with van der Waals surface area (Å²) in [7, 11) is 0. The maximum atomic E-state index is 12.9. The zero-order chi connectivity index (χ0) is 10.9. The van der Waals surface area contributed by atoms with E-state index in [0.717, 1.165) is 12.1 Å². The van der Waals surface area contributed by atoms with Crippen molar-refractivity contribution in [3.63, 3.8) is 0 Å². The molecule has 1 rings (SSSR count). The molecule has 0 bridgehead atoms. The summed E-state index contributed by atoms with van der Waals surface area (Å²) in [5.74, 6) is -0.903. The van der Waals surface area contributed by atoms with Gasteiger partial charge in [-0.15, -0.1) is 0 Å². The molecule has 1 unspecified atom stereocenters. The molecule has 0 spiro atoms. The molecular weight excluding hydrogens is 209 g/mol. The van der Waals surface area contributed by atoms with Gasteiger partial charge in [-0.25, -0.2) is 4.39 Å². The van der Waals surface area contributed by atoms with Gasteiger partial charge in [0.25, 0.3) is 0 Å². The lowest BCUT2D eigenvalue weighted by Gasteiger charge is -2.23. The smallest absolute Gasteiger partial charge is 0.139 e. The van der Waals surface area contributed by atoms with E-state index in [1.807, 2.05) is 0 Å². The second-order valence-corrected chi connectivity index (χ2v) is 3.77. The topological polar surface area (TPSA) is 66.5 Å². The lowest BCUT2D eigenvalue weighted by atomic mass is 9.93. The van der Waals surface area contributed by atoms with Crippen LogP contribution in [0.1, 0.15) is 12.5 Å². The van der Waals surface area contributed by atoms with Crippen LogP contribution in [0.15, 0.2) is 12.1 Å². The van der Waals surface area contributed by atoms with E-state index in [1.54, 1.807) is 0 Å². The molecule has 1 atom stereocenters. The van der Waals surface area contributed by atoms with E-state index in [0.29, 0.717) is 0 Å². The van der Waals surface area contributed by atoms with E-state index in [4.69, 9.17) is 22.4 Å². The second kappa shape index (κ2) is 3.73. The summed E-state index contributed by atoms with van der Waals surface area (Å²) in [6, 6.07) is 2.03. The first-order valence-electron chi connectivity index (χ1n) is 3.96. The Morgan fingerprint density at radius 3 is 2.64 bits per heavy atom. The fourth-order valence-electron chi connectivity index (χ4n) is 1.09. The Morgan fingerprint density at radius 1 is 1.57 bits per heavy atom. The number of hydrogen-bond donors (Lipinski definition) is 3. The summed E-state index contributed by atoms with van der Waals surface area (Å²) >= 11 is 5.55. The van der Waals surface area contributed by atoms with Gasteiger partial charge in [-0.2, -0.15) is 0 Å². The Labute approximate surface area is 85.9 Å². The fraction of sp³-hybridized carbons (Fsp3) is 0.333. The molecule has 0 radical (unpaired) electrons. The van der Waals surface area contributed by atoms with Crippen molar-refractivity contribution < 1.29 is 14.6 Å². The van der Waals surface area contributed by atoms with Crippen molar-refractivity contribution in [1.29, 1.82) is 0 Å². The van der Waals surface area contributed by atoms with Crippen LogP contribution in [0.4, 0.5) is 4.39 Å². The Kier molecular flexibility index (Phi) is 2.99. The highest BCUT2D eigenvalue weighted by molar-refractivity contribution is 6.32. The van der Waals surface area contributed by atoms with Crippen LogP contribution >= 0.6 is 11.6 Å². The van der Waals surface area contributed by atoms with Gasteiger partial charge in [0.1, 0.15) is 11.6 Å². The predicted molar refractivity (Wildman–Crippen MR) is 51.7 cm³/mol. The zero-order valence-corrected chi connectivity index (χ0v) is 8.35. The predicted octanol–water partition coefficient (Wildman–Crippen LogP) is 1.35. The number of rotatable bonds is 2. The summed E-state index contributed by atoms with van der Waals surface area (Å²) in [5, 5.41) is 18.3. The maximum Gasteiger partial charge on any atom is 0.139 e. The van der Waals surface area contributed by atoms with E-state index >= 15 is 0 Å². The minimum atomic E-state index is -1.21. The van der Waals surface area contributed by atoms with Gasteiger partial charge >= 0.3 is 0 Å². The van der Waals surface area contributed by atoms with Crippen LogP contribution in [0.2, 0.25) is 5.02 Å². The third kappa shape index (κ3) is 1.97. The van der Waals surface area contributed by atoms with Crippen LogP contribution in [-0.2, 0) is 5.54 Å². The molecule has 0 amide bonds. The summed E-state index contributed by atoms with van der Waals surface area (Å²) in [6.07, 6.45) is 0.